The number of hydrogen-bond acceptors (Lipinski definition) is 2. The van der Waals surface area contributed by atoms with Crippen LogP contribution in [0.4, 0.5) is 10.5 Å². The van der Waals surface area contributed by atoms with Crippen molar-refractivity contribution < 1.29 is 9.90 Å². The molecule has 2 amide bonds. The predicted octanol–water partition coefficient (Wildman–Crippen LogP) is 2.99. The number of urea groups is 1. The molecule has 0 aromatic heterocycles. The Kier molecular flexibility index (Phi) is 5.10. The quantitative estimate of drug-likeness (QED) is 0.814. The molecule has 0 saturated carbocycles. The number of anilines is 1. The highest BCUT2D eigenvalue weighted by atomic mass is 35.5. The molecule has 17 heavy (non-hydrogen) atoms. The summed E-state index contributed by atoms with van der Waals surface area (Å²) >= 11 is 5.82. The number of amides is 2. The van der Waals surface area contributed by atoms with Gasteiger partial charge < -0.3 is 10.4 Å². The van der Waals surface area contributed by atoms with Gasteiger partial charge in [-0.05, 0) is 24.6 Å². The van der Waals surface area contributed by atoms with Gasteiger partial charge >= 0.3 is 6.03 Å². The summed E-state index contributed by atoms with van der Waals surface area (Å²) < 4.78 is 0. The number of rotatable bonds is 4. The second-order valence-corrected chi connectivity index (χ2v) is 4.21. The second-order valence-electron chi connectivity index (χ2n) is 3.78. The smallest absolute Gasteiger partial charge is 0.321 e. The van der Waals surface area contributed by atoms with Crippen LogP contribution < -0.4 is 10.2 Å². The van der Waals surface area contributed by atoms with Gasteiger partial charge in [-0.1, -0.05) is 24.9 Å². The Hall–Kier alpha value is -1.42. The molecule has 0 atom stereocenters. The fourth-order valence-corrected chi connectivity index (χ4v) is 1.53. The van der Waals surface area contributed by atoms with Gasteiger partial charge in [-0.15, -0.1) is 0 Å². The topological polar surface area (TPSA) is 52.6 Å². The Bertz CT molecular complexity index is 396. The van der Waals surface area contributed by atoms with Crippen molar-refractivity contribution in [1.29, 1.82) is 0 Å². The van der Waals surface area contributed by atoms with Gasteiger partial charge in [0.2, 0.25) is 0 Å². The molecule has 94 valence electrons. The zero-order chi connectivity index (χ0) is 12.8. The molecule has 1 rings (SSSR count). The maximum atomic E-state index is 11.7. The van der Waals surface area contributed by atoms with Crippen LogP contribution in [0.1, 0.15) is 19.8 Å². The van der Waals surface area contributed by atoms with Crippen LogP contribution in [-0.4, -0.2) is 24.7 Å². The lowest BCUT2D eigenvalue weighted by Gasteiger charge is -2.19. The zero-order valence-corrected chi connectivity index (χ0v) is 10.8. The number of benzene rings is 1. The molecule has 0 bridgehead atoms. The molecular formula is C12H17ClN2O2. The third kappa shape index (κ3) is 3.82. The molecule has 0 unspecified atom stereocenters. The molecule has 5 heteroatoms. The molecule has 0 radical (unpaired) electrons. The van der Waals surface area contributed by atoms with Gasteiger partial charge in [0, 0.05) is 18.6 Å². The van der Waals surface area contributed by atoms with E-state index in [1.807, 2.05) is 0 Å². The van der Waals surface area contributed by atoms with E-state index in [0.717, 1.165) is 12.8 Å². The monoisotopic (exact) mass is 256 g/mol. The Morgan fingerprint density at radius 3 is 2.88 bits per heavy atom. The standard InChI is InChI=1S/C12H17ClN2O2/c1-3-4-7-14-12(17)15(2)10-8-9(13)5-6-11(10)16/h5-6,8,16H,3-4,7H2,1-2H3,(H,14,17). The largest absolute Gasteiger partial charge is 0.506 e. The first kappa shape index (κ1) is 13.6. The van der Waals surface area contributed by atoms with E-state index in [2.05, 4.69) is 12.2 Å². The number of halogens is 1. The number of carbonyl (C=O) groups excluding carboxylic acids is 1. The maximum absolute atomic E-state index is 11.7. The molecule has 0 fully saturated rings. The van der Waals surface area contributed by atoms with Crippen LogP contribution in [0.2, 0.25) is 5.02 Å². The molecule has 4 nitrogen and oxygen atoms in total. The summed E-state index contributed by atoms with van der Waals surface area (Å²) in [5, 5.41) is 12.9. The number of aromatic hydroxyl groups is 1. The molecule has 0 heterocycles. The van der Waals surface area contributed by atoms with Crippen molar-refractivity contribution in [3.8, 4) is 5.75 Å². The number of phenols is 1. The third-order valence-electron chi connectivity index (χ3n) is 2.41. The number of nitrogens with zero attached hydrogens (tertiary/aromatic N) is 1. The summed E-state index contributed by atoms with van der Waals surface area (Å²) in [4.78, 5) is 13.1. The van der Waals surface area contributed by atoms with E-state index in [1.165, 1.54) is 11.0 Å². The van der Waals surface area contributed by atoms with E-state index in [9.17, 15) is 9.90 Å². The van der Waals surface area contributed by atoms with Crippen LogP contribution in [0, 0.1) is 0 Å². The van der Waals surface area contributed by atoms with Gasteiger partial charge in [0.05, 0.1) is 5.69 Å². The summed E-state index contributed by atoms with van der Waals surface area (Å²) in [7, 11) is 1.59. The van der Waals surface area contributed by atoms with Gasteiger partial charge in [-0.25, -0.2) is 4.79 Å². The molecule has 0 spiro atoms. The Morgan fingerprint density at radius 1 is 1.53 bits per heavy atom. The van der Waals surface area contributed by atoms with E-state index in [0.29, 0.717) is 17.3 Å². The van der Waals surface area contributed by atoms with Crippen LogP contribution in [0.15, 0.2) is 18.2 Å². The fourth-order valence-electron chi connectivity index (χ4n) is 1.37. The molecule has 1 aromatic carbocycles. The highest BCUT2D eigenvalue weighted by molar-refractivity contribution is 6.31. The maximum Gasteiger partial charge on any atom is 0.321 e. The van der Waals surface area contributed by atoms with Gasteiger partial charge in [-0.2, -0.15) is 0 Å². The summed E-state index contributed by atoms with van der Waals surface area (Å²) in [6.07, 6.45) is 1.95. The average molecular weight is 257 g/mol. The van der Waals surface area contributed by atoms with E-state index >= 15 is 0 Å². The number of unbranched alkanes of at least 4 members (excludes halogenated alkanes) is 1. The van der Waals surface area contributed by atoms with Crippen molar-refractivity contribution in [2.24, 2.45) is 0 Å². The molecule has 0 aliphatic rings. The van der Waals surface area contributed by atoms with Crippen molar-refractivity contribution >= 4 is 23.3 Å². The van der Waals surface area contributed by atoms with Crippen molar-refractivity contribution in [3.63, 3.8) is 0 Å². The highest BCUT2D eigenvalue weighted by Crippen LogP contribution is 2.29. The minimum Gasteiger partial charge on any atom is -0.506 e. The van der Waals surface area contributed by atoms with Gasteiger partial charge in [0.25, 0.3) is 0 Å². The van der Waals surface area contributed by atoms with Crippen LogP contribution in [0.25, 0.3) is 0 Å². The third-order valence-corrected chi connectivity index (χ3v) is 2.65. The number of hydrogen-bond donors (Lipinski definition) is 2. The summed E-state index contributed by atoms with van der Waals surface area (Å²) in [6.45, 7) is 2.68. The molecule has 0 aliphatic heterocycles. The van der Waals surface area contributed by atoms with Crippen molar-refractivity contribution in [2.45, 2.75) is 19.8 Å². The predicted molar refractivity (Wildman–Crippen MR) is 69.8 cm³/mol. The SMILES string of the molecule is CCCCNC(=O)N(C)c1cc(Cl)ccc1O. The van der Waals surface area contributed by atoms with E-state index in [1.54, 1.807) is 19.2 Å². The normalized spacial score (nSPS) is 10.1. The van der Waals surface area contributed by atoms with Crippen LogP contribution in [-0.2, 0) is 0 Å². The first-order valence-electron chi connectivity index (χ1n) is 5.56. The minimum atomic E-state index is -0.254. The first-order chi connectivity index (χ1) is 8.06. The Balaban J connectivity index is 2.71. The lowest BCUT2D eigenvalue weighted by molar-refractivity contribution is 0.247. The van der Waals surface area contributed by atoms with E-state index < -0.39 is 0 Å². The van der Waals surface area contributed by atoms with Gasteiger partial charge in [-0.3, -0.25) is 4.90 Å². The van der Waals surface area contributed by atoms with Crippen molar-refractivity contribution in [2.75, 3.05) is 18.5 Å². The second kappa shape index (κ2) is 6.35. The van der Waals surface area contributed by atoms with E-state index in [-0.39, 0.29) is 11.8 Å². The fraction of sp³-hybridized carbons (Fsp3) is 0.417. The molecule has 2 N–H and O–H groups in total. The van der Waals surface area contributed by atoms with Gasteiger partial charge in [0.1, 0.15) is 5.75 Å². The summed E-state index contributed by atoms with van der Waals surface area (Å²) in [6, 6.07) is 4.34. The summed E-state index contributed by atoms with van der Waals surface area (Å²) in [5.74, 6) is 0.0301. The summed E-state index contributed by atoms with van der Waals surface area (Å²) in [5.41, 5.74) is 0.395. The molecular weight excluding hydrogens is 240 g/mol. The molecule has 1 aromatic rings. The Morgan fingerprint density at radius 2 is 2.24 bits per heavy atom. The van der Waals surface area contributed by atoms with E-state index in [4.69, 9.17) is 11.6 Å². The highest BCUT2D eigenvalue weighted by Gasteiger charge is 2.14. The zero-order valence-electron chi connectivity index (χ0n) is 10.0. The lowest BCUT2D eigenvalue weighted by Crippen LogP contribution is -2.37. The van der Waals surface area contributed by atoms with Crippen LogP contribution in [0.3, 0.4) is 0 Å². The number of phenolic OH excluding ortho intramolecular Hbond substituents is 1. The van der Waals surface area contributed by atoms with Crippen molar-refractivity contribution in [1.82, 2.24) is 5.32 Å². The minimum absolute atomic E-state index is 0.0301. The Labute approximate surface area is 106 Å². The molecule has 0 saturated heterocycles. The number of carbonyl (C=O) groups is 1. The van der Waals surface area contributed by atoms with Crippen LogP contribution in [0.5, 0.6) is 5.75 Å². The average Bonchev–Trinajstić information content (AvgIpc) is 2.31. The van der Waals surface area contributed by atoms with Crippen molar-refractivity contribution in [3.05, 3.63) is 23.2 Å². The lowest BCUT2D eigenvalue weighted by atomic mass is 10.3. The molecule has 0 aliphatic carbocycles. The van der Waals surface area contributed by atoms with Crippen LogP contribution >= 0.6 is 11.6 Å². The van der Waals surface area contributed by atoms with Gasteiger partial charge in [0.15, 0.2) is 0 Å². The first-order valence-corrected chi connectivity index (χ1v) is 5.94. The number of nitrogens with one attached hydrogen (secondary N) is 1.